The largest absolute Gasteiger partial charge is 0.478 e. The van der Waals surface area contributed by atoms with Gasteiger partial charge in [0.1, 0.15) is 10.8 Å². The highest BCUT2D eigenvalue weighted by Crippen LogP contribution is 2.35. The molecule has 0 spiro atoms. The van der Waals surface area contributed by atoms with E-state index in [0.717, 1.165) is 85.7 Å². The van der Waals surface area contributed by atoms with Crippen molar-refractivity contribution in [2.45, 2.75) is 26.4 Å². The summed E-state index contributed by atoms with van der Waals surface area (Å²) in [5.41, 5.74) is 4.97. The van der Waals surface area contributed by atoms with Crippen LogP contribution in [0.15, 0.2) is 18.5 Å². The van der Waals surface area contributed by atoms with Crippen LogP contribution in [0.2, 0.25) is 5.15 Å². The molecule has 164 valence electrons. The summed E-state index contributed by atoms with van der Waals surface area (Å²) in [6.45, 7) is 8.08. The van der Waals surface area contributed by atoms with E-state index in [9.17, 15) is 0 Å². The van der Waals surface area contributed by atoms with Gasteiger partial charge >= 0.3 is 0 Å². The number of halogens is 1. The Morgan fingerprint density at radius 1 is 1.23 bits per heavy atom. The predicted molar refractivity (Wildman–Crippen MR) is 118 cm³/mol. The smallest absolute Gasteiger partial charge is 0.256 e. The number of hydrogen-bond acceptors (Lipinski definition) is 7. The molecule has 0 saturated carbocycles. The van der Waals surface area contributed by atoms with E-state index >= 15 is 0 Å². The first-order valence-corrected chi connectivity index (χ1v) is 10.9. The first-order valence-electron chi connectivity index (χ1n) is 10.5. The molecule has 0 aromatic carbocycles. The molecule has 0 aliphatic carbocycles. The van der Waals surface area contributed by atoms with Crippen LogP contribution < -0.4 is 10.1 Å². The van der Waals surface area contributed by atoms with Crippen LogP contribution in [0.5, 0.6) is 5.88 Å². The van der Waals surface area contributed by atoms with Gasteiger partial charge in [-0.05, 0) is 25.0 Å². The maximum Gasteiger partial charge on any atom is 0.256 e. The van der Waals surface area contributed by atoms with Crippen molar-refractivity contribution in [3.8, 4) is 17.3 Å². The quantitative estimate of drug-likeness (QED) is 0.627. The molecule has 9 nitrogen and oxygen atoms in total. The van der Waals surface area contributed by atoms with Gasteiger partial charge in [0.15, 0.2) is 0 Å². The Bertz CT molecular complexity index is 1090. The van der Waals surface area contributed by atoms with Gasteiger partial charge in [-0.25, -0.2) is 9.97 Å². The minimum Gasteiger partial charge on any atom is -0.478 e. The summed E-state index contributed by atoms with van der Waals surface area (Å²) in [6, 6.07) is 1.99. The van der Waals surface area contributed by atoms with Crippen molar-refractivity contribution < 1.29 is 9.47 Å². The van der Waals surface area contributed by atoms with E-state index in [-0.39, 0.29) is 0 Å². The lowest BCUT2D eigenvalue weighted by Gasteiger charge is -2.26. The number of ether oxygens (including phenoxy) is 2. The van der Waals surface area contributed by atoms with Gasteiger partial charge in [-0.15, -0.1) is 5.10 Å². The molecule has 1 saturated heterocycles. The van der Waals surface area contributed by atoms with E-state index in [1.54, 1.807) is 7.11 Å². The third kappa shape index (κ3) is 4.00. The van der Waals surface area contributed by atoms with Crippen molar-refractivity contribution in [1.29, 1.82) is 0 Å². The van der Waals surface area contributed by atoms with Crippen molar-refractivity contribution in [1.82, 2.24) is 29.2 Å². The Morgan fingerprint density at radius 2 is 2.06 bits per heavy atom. The molecule has 10 heteroatoms. The molecule has 3 aromatic heterocycles. The second-order valence-electron chi connectivity index (χ2n) is 7.86. The Hall–Kier alpha value is -2.62. The number of nitrogens with zero attached hydrogens (tertiary/aromatic N) is 6. The third-order valence-corrected chi connectivity index (χ3v) is 6.16. The molecule has 2 aliphatic heterocycles. The molecule has 0 atom stereocenters. The van der Waals surface area contributed by atoms with Gasteiger partial charge in [0.25, 0.3) is 5.88 Å². The van der Waals surface area contributed by atoms with Gasteiger partial charge in [-0.3, -0.25) is 9.58 Å². The average Bonchev–Trinajstić information content (AvgIpc) is 3.32. The zero-order chi connectivity index (χ0) is 21.4. The molecule has 3 aromatic rings. The topological polar surface area (TPSA) is 82.3 Å². The summed E-state index contributed by atoms with van der Waals surface area (Å²) < 4.78 is 14.9. The molecule has 5 heterocycles. The Morgan fingerprint density at radius 3 is 2.87 bits per heavy atom. The Labute approximate surface area is 185 Å². The number of methoxy groups -OCH3 is 1. The number of aromatic nitrogens is 5. The summed E-state index contributed by atoms with van der Waals surface area (Å²) in [5.74, 6) is 1.03. The van der Waals surface area contributed by atoms with Crippen molar-refractivity contribution in [2.24, 2.45) is 0 Å². The molecule has 1 fully saturated rings. The van der Waals surface area contributed by atoms with E-state index in [2.05, 4.69) is 31.8 Å². The van der Waals surface area contributed by atoms with Gasteiger partial charge in [0.2, 0.25) is 5.95 Å². The zero-order valence-electron chi connectivity index (χ0n) is 17.8. The van der Waals surface area contributed by atoms with Gasteiger partial charge < -0.3 is 19.4 Å². The summed E-state index contributed by atoms with van der Waals surface area (Å²) in [4.78, 5) is 11.7. The fraction of sp³-hybridized carbons (Fsp3) is 0.476. The number of fused-ring (bicyclic) bond motifs is 3. The highest BCUT2D eigenvalue weighted by Gasteiger charge is 2.23. The SMILES string of the molecule is COc1nn(CCN2CCOCC2)cc1Nc1ncc2c(n1)-c1c(C)cc(Cl)n1CC2. The molecule has 0 amide bonds. The number of rotatable bonds is 6. The number of hydrogen-bond donors (Lipinski definition) is 1. The maximum absolute atomic E-state index is 6.39. The maximum atomic E-state index is 6.39. The lowest BCUT2D eigenvalue weighted by atomic mass is 10.0. The highest BCUT2D eigenvalue weighted by atomic mass is 35.5. The highest BCUT2D eigenvalue weighted by molar-refractivity contribution is 6.30. The van der Waals surface area contributed by atoms with Gasteiger partial charge in [-0.1, -0.05) is 11.6 Å². The van der Waals surface area contributed by atoms with Gasteiger partial charge in [-0.2, -0.15) is 0 Å². The molecule has 0 radical (unpaired) electrons. The lowest BCUT2D eigenvalue weighted by Crippen LogP contribution is -2.38. The normalized spacial score (nSPS) is 16.1. The molecule has 0 unspecified atom stereocenters. The van der Waals surface area contributed by atoms with Crippen molar-refractivity contribution >= 4 is 23.2 Å². The van der Waals surface area contributed by atoms with Crippen LogP contribution in [-0.4, -0.2) is 69.2 Å². The monoisotopic (exact) mass is 443 g/mol. The van der Waals surface area contributed by atoms with E-state index in [4.69, 9.17) is 26.1 Å². The minimum atomic E-state index is 0.509. The van der Waals surface area contributed by atoms with Crippen LogP contribution in [0.25, 0.3) is 11.4 Å². The van der Waals surface area contributed by atoms with E-state index in [1.165, 1.54) is 0 Å². The Kier molecular flexibility index (Phi) is 5.56. The fourth-order valence-corrected chi connectivity index (χ4v) is 4.54. The van der Waals surface area contributed by atoms with Crippen molar-refractivity contribution in [3.05, 3.63) is 34.7 Å². The number of morpholine rings is 1. The summed E-state index contributed by atoms with van der Waals surface area (Å²) >= 11 is 6.39. The first kappa shape index (κ1) is 20.3. The van der Waals surface area contributed by atoms with Crippen LogP contribution in [0.3, 0.4) is 0 Å². The molecule has 0 bridgehead atoms. The second-order valence-corrected chi connectivity index (χ2v) is 8.25. The van der Waals surface area contributed by atoms with Gasteiger partial charge in [0, 0.05) is 37.9 Å². The van der Waals surface area contributed by atoms with E-state index < -0.39 is 0 Å². The second kappa shape index (κ2) is 8.49. The predicted octanol–water partition coefficient (Wildman–Crippen LogP) is 2.74. The van der Waals surface area contributed by atoms with E-state index in [1.807, 2.05) is 23.1 Å². The van der Waals surface area contributed by atoms with Crippen LogP contribution in [-0.2, 0) is 24.2 Å². The van der Waals surface area contributed by atoms with Crippen LogP contribution in [0, 0.1) is 6.92 Å². The zero-order valence-corrected chi connectivity index (χ0v) is 18.5. The standard InChI is InChI=1S/C21H26ClN7O2/c1-14-11-17(22)29-4-3-15-12-23-21(25-18(15)19(14)29)24-16-13-28(26-20(16)30-2)6-5-27-7-9-31-10-8-27/h11-13H,3-10H2,1-2H3,(H,23,24,25). The van der Waals surface area contributed by atoms with Crippen LogP contribution in [0.1, 0.15) is 11.1 Å². The third-order valence-electron chi connectivity index (χ3n) is 5.85. The Balaban J connectivity index is 1.36. The van der Waals surface area contributed by atoms with Crippen molar-refractivity contribution in [3.63, 3.8) is 0 Å². The lowest BCUT2D eigenvalue weighted by molar-refractivity contribution is 0.0359. The molecule has 2 aliphatic rings. The average molecular weight is 444 g/mol. The number of aryl methyl sites for hydroxylation is 2. The number of anilines is 2. The van der Waals surface area contributed by atoms with E-state index in [0.29, 0.717) is 11.8 Å². The van der Waals surface area contributed by atoms with Gasteiger partial charge in [0.05, 0.1) is 44.5 Å². The molecular formula is C21H26ClN7O2. The van der Waals surface area contributed by atoms with Crippen molar-refractivity contribution in [2.75, 3.05) is 45.3 Å². The minimum absolute atomic E-state index is 0.509. The molecule has 5 rings (SSSR count). The molecule has 31 heavy (non-hydrogen) atoms. The first-order chi connectivity index (χ1) is 15.1. The summed E-state index contributed by atoms with van der Waals surface area (Å²) in [5, 5.41) is 8.57. The number of nitrogens with one attached hydrogen (secondary N) is 1. The summed E-state index contributed by atoms with van der Waals surface area (Å²) in [6.07, 6.45) is 4.69. The molecule has 1 N–H and O–H groups in total. The molecular weight excluding hydrogens is 418 g/mol. The van der Waals surface area contributed by atoms with Crippen LogP contribution in [0.4, 0.5) is 11.6 Å². The summed E-state index contributed by atoms with van der Waals surface area (Å²) in [7, 11) is 1.62. The van der Waals surface area contributed by atoms with Crippen LogP contribution >= 0.6 is 11.6 Å². The fourth-order valence-electron chi connectivity index (χ4n) is 4.21.